The van der Waals surface area contributed by atoms with Gasteiger partial charge in [0.15, 0.2) is 0 Å². The maximum atomic E-state index is 2.15. The fourth-order valence-corrected chi connectivity index (χ4v) is 0. The van der Waals surface area contributed by atoms with Crippen LogP contribution in [0, 0.1) is 0 Å². The fourth-order valence-electron chi connectivity index (χ4n) is 0. The van der Waals surface area contributed by atoms with Crippen LogP contribution < -0.4 is 0 Å². The second-order valence-corrected chi connectivity index (χ2v) is 4.24. The predicted octanol–water partition coefficient (Wildman–Crippen LogP) is -0.111. The predicted molar refractivity (Wildman–Crippen MR) is 46.8 cm³/mol. The van der Waals surface area contributed by atoms with Crippen LogP contribution in [0.25, 0.3) is 0 Å². The minimum atomic E-state index is 0. The molecule has 0 heterocycles. The van der Waals surface area contributed by atoms with Crippen LogP contribution in [0.15, 0.2) is 0 Å². The molecule has 0 rings (SSSR count). The first kappa shape index (κ1) is 22.4. The van der Waals surface area contributed by atoms with E-state index in [1.807, 2.05) is 0 Å². The normalized spacial score (nSPS) is 4.25. The first-order valence-corrected chi connectivity index (χ1v) is 5.66. The molecule has 0 aromatic rings. The third kappa shape index (κ3) is 80.2. The van der Waals surface area contributed by atoms with Crippen molar-refractivity contribution < 1.29 is 0 Å². The Morgan fingerprint density at radius 2 is 0.875 bits per heavy atom. The van der Waals surface area contributed by atoms with Crippen LogP contribution in [0.3, 0.4) is 0 Å². The Morgan fingerprint density at radius 1 is 0.875 bits per heavy atom. The molecule has 0 aliphatic rings. The van der Waals surface area contributed by atoms with Crippen LogP contribution in [-0.4, -0.2) is 73.1 Å². The second-order valence-electron chi connectivity index (χ2n) is 0.816. The van der Waals surface area contributed by atoms with Gasteiger partial charge in [0.2, 0.25) is 0 Å². The molecular weight excluding hydrogens is 337 g/mol. The number of rotatable bonds is 0. The third-order valence-corrected chi connectivity index (χ3v) is 0. The quantitative estimate of drug-likeness (QED) is 0.536. The molecule has 0 saturated heterocycles. The number of hydrogen-bond donors (Lipinski definition) is 0. The Hall–Kier alpha value is 2.39. The van der Waals surface area contributed by atoms with Crippen molar-refractivity contribution in [1.82, 2.24) is 0 Å². The molecule has 0 nitrogen and oxygen atoms in total. The van der Waals surface area contributed by atoms with Crippen LogP contribution in [-0.2, 0) is 0 Å². The van der Waals surface area contributed by atoms with Crippen LogP contribution in [0.2, 0.25) is 9.95 Å². The van der Waals surface area contributed by atoms with Crippen molar-refractivity contribution in [3.8, 4) is 0 Å². The van der Waals surface area contributed by atoms with Crippen LogP contribution in [0.4, 0.5) is 0 Å². The summed E-state index contributed by atoms with van der Waals surface area (Å²) in [4.78, 5) is 2.62. The summed E-state index contributed by atoms with van der Waals surface area (Å²) in [5, 5.41) is 0. The molecule has 8 heavy (non-hydrogen) atoms. The fraction of sp³-hybridized carbons (Fsp3) is 1.00. The summed E-state index contributed by atoms with van der Waals surface area (Å²) in [5.41, 5.74) is 0. The van der Waals surface area contributed by atoms with E-state index in [-0.39, 0.29) is 35.9 Å². The standard InChI is InChI=1S/2C2H5.2AsH.2Ga/c2*1-2;;;;/h2*1H2,2H3;2*1H;;. The van der Waals surface area contributed by atoms with Crippen LogP contribution in [0.1, 0.15) is 13.8 Å². The van der Waals surface area contributed by atoms with Crippen molar-refractivity contribution in [2.75, 3.05) is 0 Å². The van der Waals surface area contributed by atoms with Crippen molar-refractivity contribution in [2.24, 2.45) is 0 Å². The van der Waals surface area contributed by atoms with Crippen LogP contribution in [0.5, 0.6) is 0 Å². The van der Waals surface area contributed by atoms with Gasteiger partial charge in [-0.2, -0.15) is 0 Å². The Bertz CT molecular complexity index is 14.0. The van der Waals surface area contributed by atoms with Crippen molar-refractivity contribution in [2.45, 2.75) is 23.8 Å². The number of hydrogen-bond acceptors (Lipinski definition) is 0. The summed E-state index contributed by atoms with van der Waals surface area (Å²) in [5.74, 6) is 0. The SMILES string of the molecule is C[CH2][Ga].C[CH2][Ga].[AsH].[AsH]. The molecule has 0 aliphatic carbocycles. The second kappa shape index (κ2) is 34.3. The van der Waals surface area contributed by atoms with Gasteiger partial charge in [-0.25, -0.2) is 0 Å². The zero-order chi connectivity index (χ0) is 5.41. The first-order chi connectivity index (χ1) is 2.83. The summed E-state index contributed by atoms with van der Waals surface area (Å²) in [6.07, 6.45) is 0. The molecule has 0 spiro atoms. The molecule has 0 amide bonds. The summed E-state index contributed by atoms with van der Waals surface area (Å²) in [6, 6.07) is 0. The molecule has 0 aromatic carbocycles. The van der Waals surface area contributed by atoms with Crippen molar-refractivity contribution in [3.63, 3.8) is 0 Å². The molecule has 4 heteroatoms. The molecule has 0 aromatic heterocycles. The summed E-state index contributed by atoms with van der Waals surface area (Å²) in [6.45, 7) is 4.31. The molecule has 0 unspecified atom stereocenters. The summed E-state index contributed by atoms with van der Waals surface area (Å²) < 4.78 is 0. The van der Waals surface area contributed by atoms with Gasteiger partial charge in [0.1, 0.15) is 0 Å². The van der Waals surface area contributed by atoms with Gasteiger partial charge in [-0.05, 0) is 0 Å². The Kier molecular flexibility index (Phi) is 96.2. The first-order valence-electron chi connectivity index (χ1n) is 2.23. The zero-order valence-electron chi connectivity index (χ0n) is 5.57. The van der Waals surface area contributed by atoms with E-state index < -0.39 is 0 Å². The van der Waals surface area contributed by atoms with Gasteiger partial charge in [-0.1, -0.05) is 0 Å². The Balaban J connectivity index is -0.0000000160. The zero-order valence-corrected chi connectivity index (χ0v) is 14.6. The average Bonchev–Trinajstić information content (AvgIpc) is 1.39. The molecule has 8 radical (unpaired) electrons. The molecule has 0 aliphatic heterocycles. The van der Waals surface area contributed by atoms with Crippen molar-refractivity contribution >= 4 is 73.1 Å². The summed E-state index contributed by atoms with van der Waals surface area (Å²) in [7, 11) is 0. The molecular formula is C4H12As2Ga2. The molecule has 44 valence electrons. The van der Waals surface area contributed by atoms with Gasteiger partial charge < -0.3 is 0 Å². The van der Waals surface area contributed by atoms with E-state index in [9.17, 15) is 0 Å². The van der Waals surface area contributed by atoms with Crippen molar-refractivity contribution in [3.05, 3.63) is 0 Å². The Labute approximate surface area is 95.8 Å². The van der Waals surface area contributed by atoms with E-state index in [1.165, 1.54) is 9.95 Å². The molecule has 0 saturated carbocycles. The third-order valence-electron chi connectivity index (χ3n) is 0. The molecule has 0 N–H and O–H groups in total. The van der Waals surface area contributed by atoms with E-state index >= 15 is 0 Å². The topological polar surface area (TPSA) is 0 Å². The van der Waals surface area contributed by atoms with E-state index in [2.05, 4.69) is 13.8 Å². The van der Waals surface area contributed by atoms with Gasteiger partial charge in [0.05, 0.1) is 0 Å². The van der Waals surface area contributed by atoms with Gasteiger partial charge in [0.25, 0.3) is 0 Å². The van der Waals surface area contributed by atoms with E-state index in [0.717, 1.165) is 0 Å². The van der Waals surface area contributed by atoms with E-state index in [4.69, 9.17) is 0 Å². The Morgan fingerprint density at radius 3 is 0.875 bits per heavy atom. The van der Waals surface area contributed by atoms with Crippen LogP contribution >= 0.6 is 0 Å². The van der Waals surface area contributed by atoms with Crippen molar-refractivity contribution in [1.29, 1.82) is 0 Å². The molecule has 0 bridgehead atoms. The van der Waals surface area contributed by atoms with Gasteiger partial charge in [-0.15, -0.1) is 0 Å². The minimum absolute atomic E-state index is 0. The molecule has 0 atom stereocenters. The van der Waals surface area contributed by atoms with Gasteiger partial charge >= 0.3 is 96.9 Å². The molecule has 0 fully saturated rings. The van der Waals surface area contributed by atoms with Gasteiger partial charge in [0, 0.05) is 0 Å². The maximum absolute atomic E-state index is 2.15. The monoisotopic (exact) mass is 348 g/mol. The summed E-state index contributed by atoms with van der Waals surface area (Å²) >= 11 is 3.57. The van der Waals surface area contributed by atoms with E-state index in [1.54, 1.807) is 37.2 Å². The average molecular weight is 349 g/mol. The van der Waals surface area contributed by atoms with Gasteiger partial charge in [-0.3, -0.25) is 0 Å². The van der Waals surface area contributed by atoms with E-state index in [0.29, 0.717) is 0 Å².